The summed E-state index contributed by atoms with van der Waals surface area (Å²) in [6.07, 6.45) is 0.501. The van der Waals surface area contributed by atoms with E-state index in [9.17, 15) is 18.0 Å². The number of sulfonamides is 1. The predicted octanol–water partition coefficient (Wildman–Crippen LogP) is 4.78. The van der Waals surface area contributed by atoms with E-state index in [1.54, 1.807) is 43.3 Å². The van der Waals surface area contributed by atoms with Gasteiger partial charge in [-0.3, -0.25) is 13.9 Å². The summed E-state index contributed by atoms with van der Waals surface area (Å²) in [7, 11) is -2.68. The van der Waals surface area contributed by atoms with E-state index in [0.29, 0.717) is 23.7 Å². The van der Waals surface area contributed by atoms with Gasteiger partial charge in [-0.05, 0) is 73.4 Å². The number of hydrogen-bond acceptors (Lipinski definition) is 5. The number of carbonyl (C=O) groups excluding carboxylic acids is 2. The first-order valence-corrected chi connectivity index (χ1v) is 14.9. The second-order valence-electron chi connectivity index (χ2n) is 9.80. The summed E-state index contributed by atoms with van der Waals surface area (Å²) < 4.78 is 33.9. The number of nitrogens with zero attached hydrogens (tertiary/aromatic N) is 2. The molecular formula is C30H36ClN3O5S. The zero-order valence-corrected chi connectivity index (χ0v) is 24.8. The van der Waals surface area contributed by atoms with E-state index < -0.39 is 28.5 Å². The van der Waals surface area contributed by atoms with Crippen molar-refractivity contribution in [2.24, 2.45) is 5.92 Å². The summed E-state index contributed by atoms with van der Waals surface area (Å²) in [5, 5.41) is 3.31. The van der Waals surface area contributed by atoms with Crippen LogP contribution in [0.5, 0.6) is 5.75 Å². The predicted molar refractivity (Wildman–Crippen MR) is 158 cm³/mol. The third-order valence-electron chi connectivity index (χ3n) is 6.38. The smallest absolute Gasteiger partial charge is 0.264 e. The van der Waals surface area contributed by atoms with Crippen molar-refractivity contribution in [3.05, 3.63) is 89.4 Å². The van der Waals surface area contributed by atoms with Crippen molar-refractivity contribution in [1.29, 1.82) is 0 Å². The van der Waals surface area contributed by atoms with Crippen molar-refractivity contribution in [3.8, 4) is 5.75 Å². The Kier molecular flexibility index (Phi) is 11.0. The largest absolute Gasteiger partial charge is 0.497 e. The number of carbonyl (C=O) groups is 2. The molecular weight excluding hydrogens is 550 g/mol. The van der Waals surface area contributed by atoms with Gasteiger partial charge >= 0.3 is 0 Å². The third-order valence-corrected chi connectivity index (χ3v) is 8.42. The van der Waals surface area contributed by atoms with Crippen LogP contribution in [0.4, 0.5) is 5.69 Å². The second kappa shape index (κ2) is 14.2. The number of amides is 2. The molecule has 40 heavy (non-hydrogen) atoms. The quantitative estimate of drug-likeness (QED) is 0.312. The van der Waals surface area contributed by atoms with Crippen LogP contribution in [0.2, 0.25) is 5.02 Å². The summed E-state index contributed by atoms with van der Waals surface area (Å²) in [6, 6.07) is 21.0. The highest BCUT2D eigenvalue weighted by molar-refractivity contribution is 7.92. The standard InChI is InChI=1S/C30H36ClN3O5S/c1-22(2)20-32-30(36)23(3)33(19-18-24-8-6-5-7-9-24)29(35)21-34(26-12-10-25(31)11-13-26)40(37,38)28-16-14-27(39-4)15-17-28/h5-17,22-23H,18-21H2,1-4H3,(H,32,36). The minimum atomic E-state index is -4.17. The van der Waals surface area contributed by atoms with Crippen LogP contribution < -0.4 is 14.4 Å². The Morgan fingerprint density at radius 2 is 1.55 bits per heavy atom. The minimum Gasteiger partial charge on any atom is -0.497 e. The molecule has 1 unspecified atom stereocenters. The number of anilines is 1. The van der Waals surface area contributed by atoms with Gasteiger partial charge in [0.15, 0.2) is 0 Å². The van der Waals surface area contributed by atoms with Gasteiger partial charge in [0.1, 0.15) is 18.3 Å². The van der Waals surface area contributed by atoms with Crippen LogP contribution in [0, 0.1) is 5.92 Å². The number of rotatable bonds is 13. The Hall–Kier alpha value is -3.56. The molecule has 0 fully saturated rings. The van der Waals surface area contributed by atoms with E-state index in [1.165, 1.54) is 24.1 Å². The van der Waals surface area contributed by atoms with Gasteiger partial charge in [-0.15, -0.1) is 0 Å². The molecule has 1 N–H and O–H groups in total. The van der Waals surface area contributed by atoms with Gasteiger partial charge in [0, 0.05) is 18.1 Å². The van der Waals surface area contributed by atoms with Gasteiger partial charge in [-0.2, -0.15) is 0 Å². The molecule has 0 bridgehead atoms. The fourth-order valence-corrected chi connectivity index (χ4v) is 5.57. The maximum absolute atomic E-state index is 13.9. The zero-order chi connectivity index (χ0) is 29.3. The summed E-state index contributed by atoms with van der Waals surface area (Å²) in [5.41, 5.74) is 1.27. The molecule has 3 aromatic carbocycles. The third kappa shape index (κ3) is 8.22. The van der Waals surface area contributed by atoms with Gasteiger partial charge in [-0.1, -0.05) is 55.8 Å². The van der Waals surface area contributed by atoms with Crippen molar-refractivity contribution < 1.29 is 22.7 Å². The van der Waals surface area contributed by atoms with E-state index in [0.717, 1.165) is 9.87 Å². The Labute approximate surface area is 241 Å². The average molecular weight is 586 g/mol. The lowest BCUT2D eigenvalue weighted by Gasteiger charge is -2.32. The maximum Gasteiger partial charge on any atom is 0.264 e. The fourth-order valence-electron chi connectivity index (χ4n) is 4.03. The highest BCUT2D eigenvalue weighted by atomic mass is 35.5. The fraction of sp³-hybridized carbons (Fsp3) is 0.333. The molecule has 3 rings (SSSR count). The van der Waals surface area contributed by atoms with Crippen molar-refractivity contribution in [3.63, 3.8) is 0 Å². The summed E-state index contributed by atoms with van der Waals surface area (Å²) in [6.45, 7) is 5.81. The maximum atomic E-state index is 13.9. The van der Waals surface area contributed by atoms with Crippen molar-refractivity contribution in [2.75, 3.05) is 31.0 Å². The normalized spacial score (nSPS) is 12.1. The number of halogens is 1. The molecule has 0 spiro atoms. The molecule has 0 saturated carbocycles. The minimum absolute atomic E-state index is 0.00499. The Morgan fingerprint density at radius 1 is 0.925 bits per heavy atom. The second-order valence-corrected chi connectivity index (χ2v) is 12.1. The van der Waals surface area contributed by atoms with E-state index >= 15 is 0 Å². The molecule has 0 saturated heterocycles. The van der Waals surface area contributed by atoms with Crippen LogP contribution in [0.1, 0.15) is 26.3 Å². The number of hydrogen-bond donors (Lipinski definition) is 1. The molecule has 214 valence electrons. The van der Waals surface area contributed by atoms with Gasteiger partial charge in [0.2, 0.25) is 11.8 Å². The zero-order valence-electron chi connectivity index (χ0n) is 23.2. The van der Waals surface area contributed by atoms with Gasteiger partial charge in [0.25, 0.3) is 10.0 Å². The van der Waals surface area contributed by atoms with Crippen molar-refractivity contribution in [1.82, 2.24) is 10.2 Å². The molecule has 0 aliphatic heterocycles. The molecule has 0 heterocycles. The molecule has 0 aliphatic rings. The molecule has 2 amide bonds. The van der Waals surface area contributed by atoms with E-state index in [2.05, 4.69) is 5.32 Å². The summed E-state index contributed by atoms with van der Waals surface area (Å²) in [4.78, 5) is 28.3. The van der Waals surface area contributed by atoms with Crippen LogP contribution in [0.25, 0.3) is 0 Å². The lowest BCUT2D eigenvalue weighted by molar-refractivity contribution is -0.138. The molecule has 0 aromatic heterocycles. The molecule has 8 nitrogen and oxygen atoms in total. The van der Waals surface area contributed by atoms with E-state index in [1.807, 2.05) is 44.2 Å². The summed E-state index contributed by atoms with van der Waals surface area (Å²) >= 11 is 6.06. The van der Waals surface area contributed by atoms with Crippen LogP contribution in [0.3, 0.4) is 0 Å². The highest BCUT2D eigenvalue weighted by Crippen LogP contribution is 2.27. The topological polar surface area (TPSA) is 96.0 Å². The molecule has 0 aliphatic carbocycles. The van der Waals surface area contributed by atoms with E-state index in [-0.39, 0.29) is 29.0 Å². The van der Waals surface area contributed by atoms with Gasteiger partial charge in [0.05, 0.1) is 17.7 Å². The van der Waals surface area contributed by atoms with Gasteiger partial charge in [-0.25, -0.2) is 8.42 Å². The van der Waals surface area contributed by atoms with Crippen LogP contribution >= 0.6 is 11.6 Å². The Morgan fingerprint density at radius 3 is 2.12 bits per heavy atom. The summed E-state index contributed by atoms with van der Waals surface area (Å²) in [5.74, 6) is -0.0672. The first kappa shape index (κ1) is 31.0. The highest BCUT2D eigenvalue weighted by Gasteiger charge is 2.32. The van der Waals surface area contributed by atoms with Crippen LogP contribution in [-0.2, 0) is 26.0 Å². The van der Waals surface area contributed by atoms with E-state index in [4.69, 9.17) is 16.3 Å². The Bertz CT molecular complexity index is 1360. The molecule has 0 radical (unpaired) electrons. The number of methoxy groups -OCH3 is 1. The molecule has 1 atom stereocenters. The van der Waals surface area contributed by atoms with Crippen molar-refractivity contribution in [2.45, 2.75) is 38.1 Å². The number of ether oxygens (including phenoxy) is 1. The monoisotopic (exact) mass is 585 g/mol. The SMILES string of the molecule is COc1ccc(S(=O)(=O)N(CC(=O)N(CCc2ccccc2)C(C)C(=O)NCC(C)C)c2ccc(Cl)cc2)cc1. The average Bonchev–Trinajstić information content (AvgIpc) is 2.95. The first-order valence-electron chi connectivity index (χ1n) is 13.1. The molecule has 10 heteroatoms. The lowest BCUT2D eigenvalue weighted by Crippen LogP contribution is -2.52. The number of benzene rings is 3. The van der Waals surface area contributed by atoms with Gasteiger partial charge < -0.3 is 15.0 Å². The number of nitrogens with one attached hydrogen (secondary N) is 1. The van der Waals surface area contributed by atoms with Crippen LogP contribution in [-0.4, -0.2) is 57.9 Å². The van der Waals surface area contributed by atoms with Crippen molar-refractivity contribution >= 4 is 39.1 Å². The first-order chi connectivity index (χ1) is 19.0. The van der Waals surface area contributed by atoms with Crippen LogP contribution in [0.15, 0.2) is 83.8 Å². The lowest BCUT2D eigenvalue weighted by atomic mass is 10.1. The Balaban J connectivity index is 1.95. The molecule has 3 aromatic rings.